The first kappa shape index (κ1) is 12.5. The average molecular weight is 246 g/mol. The van der Waals surface area contributed by atoms with Crippen LogP contribution in [0.15, 0.2) is 42.7 Å². The molecule has 1 unspecified atom stereocenters. The normalized spacial score (nSPS) is 12.2. The smallest absolute Gasteiger partial charge is 0.141 e. The number of halogens is 1. The van der Waals surface area contributed by atoms with Gasteiger partial charge in [0.2, 0.25) is 0 Å². The molecule has 0 aliphatic heterocycles. The van der Waals surface area contributed by atoms with Crippen LogP contribution in [0.4, 0.5) is 4.39 Å². The molecule has 18 heavy (non-hydrogen) atoms. The van der Waals surface area contributed by atoms with E-state index in [1.807, 2.05) is 6.07 Å². The summed E-state index contributed by atoms with van der Waals surface area (Å²) in [6, 6.07) is 7.99. The molecule has 0 saturated carbocycles. The average Bonchev–Trinajstić information content (AvgIpc) is 2.41. The van der Waals surface area contributed by atoms with E-state index in [-0.39, 0.29) is 11.9 Å². The Morgan fingerprint density at radius 3 is 2.67 bits per heavy atom. The third-order valence-electron chi connectivity index (χ3n) is 2.80. The molecular formula is C14H15FN2O. The molecule has 1 aromatic heterocycles. The van der Waals surface area contributed by atoms with E-state index in [9.17, 15) is 4.39 Å². The van der Waals surface area contributed by atoms with E-state index in [1.165, 1.54) is 12.1 Å². The molecule has 0 spiro atoms. The Bertz CT molecular complexity index is 513. The van der Waals surface area contributed by atoms with Gasteiger partial charge >= 0.3 is 0 Å². The van der Waals surface area contributed by atoms with Crippen LogP contribution in [0.25, 0.3) is 0 Å². The van der Waals surface area contributed by atoms with Crippen molar-refractivity contribution in [1.29, 1.82) is 0 Å². The molecule has 0 aliphatic carbocycles. The minimum Gasteiger partial charge on any atom is -0.495 e. The van der Waals surface area contributed by atoms with Gasteiger partial charge in [0.05, 0.1) is 13.3 Å². The molecule has 0 amide bonds. The molecule has 94 valence electrons. The van der Waals surface area contributed by atoms with Gasteiger partial charge in [0.25, 0.3) is 0 Å². The molecule has 1 heterocycles. The summed E-state index contributed by atoms with van der Waals surface area (Å²) < 4.78 is 18.0. The zero-order chi connectivity index (χ0) is 13.0. The van der Waals surface area contributed by atoms with Gasteiger partial charge in [-0.3, -0.25) is 4.98 Å². The van der Waals surface area contributed by atoms with Gasteiger partial charge in [-0.05, 0) is 30.2 Å². The van der Waals surface area contributed by atoms with Crippen molar-refractivity contribution < 1.29 is 9.13 Å². The van der Waals surface area contributed by atoms with Crippen LogP contribution in [-0.4, -0.2) is 12.1 Å². The van der Waals surface area contributed by atoms with E-state index in [0.29, 0.717) is 12.2 Å². The molecular weight excluding hydrogens is 231 g/mol. The van der Waals surface area contributed by atoms with Crippen LogP contribution in [0.2, 0.25) is 0 Å². The second-order valence-corrected chi connectivity index (χ2v) is 4.05. The number of nitrogens with zero attached hydrogens (tertiary/aromatic N) is 1. The Labute approximate surface area is 105 Å². The lowest BCUT2D eigenvalue weighted by Gasteiger charge is -2.15. The van der Waals surface area contributed by atoms with Gasteiger partial charge in [-0.2, -0.15) is 0 Å². The van der Waals surface area contributed by atoms with Gasteiger partial charge in [0.15, 0.2) is 0 Å². The highest BCUT2D eigenvalue weighted by atomic mass is 19.1. The minimum atomic E-state index is -0.242. The second-order valence-electron chi connectivity index (χ2n) is 4.05. The summed E-state index contributed by atoms with van der Waals surface area (Å²) in [6.07, 6.45) is 3.95. The van der Waals surface area contributed by atoms with Gasteiger partial charge in [0.1, 0.15) is 11.6 Å². The van der Waals surface area contributed by atoms with Crippen LogP contribution in [0.5, 0.6) is 5.75 Å². The molecule has 0 aliphatic rings. The van der Waals surface area contributed by atoms with E-state index in [1.54, 1.807) is 31.6 Å². The maximum Gasteiger partial charge on any atom is 0.141 e. The summed E-state index contributed by atoms with van der Waals surface area (Å²) in [4.78, 5) is 3.99. The number of nitrogens with two attached hydrogens (primary N) is 1. The molecule has 2 N–H and O–H groups in total. The van der Waals surface area contributed by atoms with Crippen LogP contribution in [0.1, 0.15) is 17.2 Å². The minimum absolute atomic E-state index is 0.201. The van der Waals surface area contributed by atoms with Crippen LogP contribution in [0.3, 0.4) is 0 Å². The first-order valence-electron chi connectivity index (χ1n) is 5.68. The zero-order valence-electron chi connectivity index (χ0n) is 10.1. The summed E-state index contributed by atoms with van der Waals surface area (Å²) in [5.41, 5.74) is 8.03. The molecule has 1 aromatic carbocycles. The molecule has 2 rings (SSSR count). The van der Waals surface area contributed by atoms with E-state index in [0.717, 1.165) is 11.1 Å². The van der Waals surface area contributed by atoms with Crippen molar-refractivity contribution in [3.8, 4) is 5.75 Å². The fourth-order valence-corrected chi connectivity index (χ4v) is 1.85. The first-order valence-corrected chi connectivity index (χ1v) is 5.68. The number of hydrogen-bond donors (Lipinski definition) is 1. The van der Waals surface area contributed by atoms with Crippen LogP contribution < -0.4 is 10.5 Å². The first-order chi connectivity index (χ1) is 8.70. The van der Waals surface area contributed by atoms with Crippen molar-refractivity contribution in [3.05, 3.63) is 59.7 Å². The van der Waals surface area contributed by atoms with Crippen LogP contribution in [-0.2, 0) is 6.42 Å². The molecule has 0 saturated heterocycles. The third kappa shape index (κ3) is 2.84. The highest BCUT2D eigenvalue weighted by Crippen LogP contribution is 2.24. The topological polar surface area (TPSA) is 48.1 Å². The Balaban J connectivity index is 2.16. The quantitative estimate of drug-likeness (QED) is 0.901. The van der Waals surface area contributed by atoms with Gasteiger partial charge < -0.3 is 10.5 Å². The lowest BCUT2D eigenvalue weighted by atomic mass is 10.00. The van der Waals surface area contributed by atoms with E-state index < -0.39 is 0 Å². The number of benzene rings is 1. The van der Waals surface area contributed by atoms with E-state index in [2.05, 4.69) is 4.98 Å². The maximum atomic E-state index is 12.8. The molecule has 2 aromatic rings. The number of pyridine rings is 1. The lowest BCUT2D eigenvalue weighted by molar-refractivity contribution is 0.403. The molecule has 0 fully saturated rings. The third-order valence-corrected chi connectivity index (χ3v) is 2.80. The van der Waals surface area contributed by atoms with Crippen LogP contribution >= 0.6 is 0 Å². The van der Waals surface area contributed by atoms with E-state index in [4.69, 9.17) is 10.5 Å². The molecule has 0 radical (unpaired) electrons. The highest BCUT2D eigenvalue weighted by molar-refractivity contribution is 5.34. The largest absolute Gasteiger partial charge is 0.495 e. The van der Waals surface area contributed by atoms with Crippen molar-refractivity contribution in [2.24, 2.45) is 5.73 Å². The fourth-order valence-electron chi connectivity index (χ4n) is 1.85. The van der Waals surface area contributed by atoms with Gasteiger partial charge in [0, 0.05) is 17.8 Å². The lowest BCUT2D eigenvalue weighted by Crippen LogP contribution is -2.14. The number of methoxy groups -OCH3 is 1. The Morgan fingerprint density at radius 2 is 2.00 bits per heavy atom. The van der Waals surface area contributed by atoms with E-state index >= 15 is 0 Å². The molecule has 3 nitrogen and oxygen atoms in total. The number of aromatic nitrogens is 1. The van der Waals surface area contributed by atoms with Crippen molar-refractivity contribution >= 4 is 0 Å². The van der Waals surface area contributed by atoms with Crippen LogP contribution in [0, 0.1) is 5.82 Å². The number of rotatable bonds is 4. The van der Waals surface area contributed by atoms with Crippen molar-refractivity contribution in [2.75, 3.05) is 7.11 Å². The summed E-state index contributed by atoms with van der Waals surface area (Å²) in [7, 11) is 1.59. The van der Waals surface area contributed by atoms with Gasteiger partial charge in [-0.25, -0.2) is 4.39 Å². The second kappa shape index (κ2) is 5.60. The van der Waals surface area contributed by atoms with Crippen molar-refractivity contribution in [2.45, 2.75) is 12.5 Å². The molecule has 0 bridgehead atoms. The molecule has 1 atom stereocenters. The fraction of sp³-hybridized carbons (Fsp3) is 0.214. The summed E-state index contributed by atoms with van der Waals surface area (Å²) in [5.74, 6) is 0.431. The summed E-state index contributed by atoms with van der Waals surface area (Å²) in [5, 5.41) is 0. The Morgan fingerprint density at radius 1 is 1.28 bits per heavy atom. The van der Waals surface area contributed by atoms with Gasteiger partial charge in [-0.15, -0.1) is 0 Å². The predicted octanol–water partition coefficient (Wildman–Crippen LogP) is 2.47. The SMILES string of the molecule is COc1cnccc1C(N)Cc1ccc(F)cc1. The Kier molecular flexibility index (Phi) is 3.89. The number of ether oxygens (including phenoxy) is 1. The summed E-state index contributed by atoms with van der Waals surface area (Å²) in [6.45, 7) is 0. The monoisotopic (exact) mass is 246 g/mol. The van der Waals surface area contributed by atoms with Crippen molar-refractivity contribution in [1.82, 2.24) is 4.98 Å². The predicted molar refractivity (Wildman–Crippen MR) is 67.8 cm³/mol. The highest BCUT2D eigenvalue weighted by Gasteiger charge is 2.12. The Hall–Kier alpha value is -1.94. The number of hydrogen-bond acceptors (Lipinski definition) is 3. The molecule has 4 heteroatoms. The summed E-state index contributed by atoms with van der Waals surface area (Å²) >= 11 is 0. The van der Waals surface area contributed by atoms with Gasteiger partial charge in [-0.1, -0.05) is 12.1 Å². The maximum absolute atomic E-state index is 12.8. The zero-order valence-corrected chi connectivity index (χ0v) is 10.1. The van der Waals surface area contributed by atoms with Crippen molar-refractivity contribution in [3.63, 3.8) is 0 Å². The standard InChI is InChI=1S/C14H15FN2O/c1-18-14-9-17-7-6-12(14)13(16)8-10-2-4-11(15)5-3-10/h2-7,9,13H,8,16H2,1H3.